The van der Waals surface area contributed by atoms with Crippen LogP contribution in [0.25, 0.3) is 43.5 Å². The average molecular weight is 628 g/mol. The van der Waals surface area contributed by atoms with E-state index in [-0.39, 0.29) is 0 Å². The summed E-state index contributed by atoms with van der Waals surface area (Å²) in [5, 5.41) is 17.7. The van der Waals surface area contributed by atoms with Gasteiger partial charge in [-0.25, -0.2) is 4.85 Å². The van der Waals surface area contributed by atoms with Crippen LogP contribution in [-0.4, -0.2) is 12.6 Å². The van der Waals surface area contributed by atoms with Gasteiger partial charge < -0.3 is 4.57 Å². The summed E-state index contributed by atoms with van der Waals surface area (Å²) in [6, 6.07) is 63.9. The first-order chi connectivity index (χ1) is 23.7. The van der Waals surface area contributed by atoms with Crippen LogP contribution in [0.1, 0.15) is 5.56 Å². The molecule has 224 valence electrons. The lowest BCUT2D eigenvalue weighted by atomic mass is 10.00. The Morgan fingerprint density at radius 2 is 1.02 bits per heavy atom. The van der Waals surface area contributed by atoms with Crippen molar-refractivity contribution in [1.82, 2.24) is 4.57 Å². The number of fused-ring (bicyclic) bond motifs is 3. The first-order valence-corrected chi connectivity index (χ1v) is 18.0. The predicted octanol–water partition coefficient (Wildman–Crippen LogP) is 8.25. The summed E-state index contributed by atoms with van der Waals surface area (Å²) in [4.78, 5) is 3.99. The SMILES string of the molecule is [C-]#[N+]c1c(C#N)cc([Si](c2ccccc2)(c2ccccc2)c2ccccc2)cc1-c1cccc(-n2c3ccccc3c3ccccc32)c1. The van der Waals surface area contributed by atoms with E-state index >= 15 is 0 Å². The predicted molar refractivity (Wildman–Crippen MR) is 201 cm³/mol. The molecule has 0 amide bonds. The van der Waals surface area contributed by atoms with Crippen LogP contribution >= 0.6 is 0 Å². The van der Waals surface area contributed by atoms with E-state index in [1.165, 1.54) is 26.3 Å². The minimum Gasteiger partial charge on any atom is -0.309 e. The quantitative estimate of drug-likeness (QED) is 0.104. The lowest BCUT2D eigenvalue weighted by Crippen LogP contribution is -2.74. The lowest BCUT2D eigenvalue weighted by molar-refractivity contribution is 1.18. The summed E-state index contributed by atoms with van der Waals surface area (Å²) in [5.41, 5.74) is 5.67. The van der Waals surface area contributed by atoms with Gasteiger partial charge in [-0.3, -0.25) is 0 Å². The van der Waals surface area contributed by atoms with Crippen molar-refractivity contribution in [3.05, 3.63) is 193 Å². The summed E-state index contributed by atoms with van der Waals surface area (Å²) in [5.74, 6) is 0. The van der Waals surface area contributed by atoms with Gasteiger partial charge in [-0.2, -0.15) is 5.26 Å². The van der Waals surface area contributed by atoms with Crippen molar-refractivity contribution in [2.75, 3.05) is 0 Å². The highest BCUT2D eigenvalue weighted by Gasteiger charge is 2.42. The van der Waals surface area contributed by atoms with Gasteiger partial charge in [0.15, 0.2) is 8.07 Å². The first-order valence-electron chi connectivity index (χ1n) is 16.0. The summed E-state index contributed by atoms with van der Waals surface area (Å²) >= 11 is 0. The van der Waals surface area contributed by atoms with Crippen LogP contribution in [0.4, 0.5) is 5.69 Å². The van der Waals surface area contributed by atoms with Gasteiger partial charge in [0, 0.05) is 16.5 Å². The third-order valence-corrected chi connectivity index (χ3v) is 14.1. The van der Waals surface area contributed by atoms with E-state index in [9.17, 15) is 5.26 Å². The van der Waals surface area contributed by atoms with Gasteiger partial charge in [-0.05, 0) is 56.1 Å². The number of nitriles is 1. The van der Waals surface area contributed by atoms with E-state index in [4.69, 9.17) is 6.57 Å². The van der Waals surface area contributed by atoms with Crippen LogP contribution in [0.15, 0.2) is 176 Å². The Labute approximate surface area is 281 Å². The second-order valence-corrected chi connectivity index (χ2v) is 15.7. The normalized spacial score (nSPS) is 11.3. The smallest absolute Gasteiger partial charge is 0.212 e. The van der Waals surface area contributed by atoms with Gasteiger partial charge in [0.2, 0.25) is 5.69 Å². The Bertz CT molecular complexity index is 2370. The minimum absolute atomic E-state index is 0.373. The highest BCUT2D eigenvalue weighted by atomic mass is 28.3. The van der Waals surface area contributed by atoms with E-state index in [0.717, 1.165) is 33.0 Å². The zero-order chi connectivity index (χ0) is 32.5. The van der Waals surface area contributed by atoms with Gasteiger partial charge in [0.25, 0.3) is 0 Å². The van der Waals surface area contributed by atoms with Crippen LogP contribution in [-0.2, 0) is 0 Å². The molecule has 0 aliphatic carbocycles. The average Bonchev–Trinajstić information content (AvgIpc) is 3.50. The van der Waals surface area contributed by atoms with Crippen molar-refractivity contribution in [2.45, 2.75) is 0 Å². The number of aromatic nitrogens is 1. The van der Waals surface area contributed by atoms with E-state index in [0.29, 0.717) is 11.3 Å². The highest BCUT2D eigenvalue weighted by molar-refractivity contribution is 7.20. The Morgan fingerprint density at radius 3 is 1.52 bits per heavy atom. The minimum atomic E-state index is -2.95. The zero-order valence-corrected chi connectivity index (χ0v) is 27.1. The van der Waals surface area contributed by atoms with Crippen LogP contribution in [0, 0.1) is 17.9 Å². The molecule has 48 heavy (non-hydrogen) atoms. The molecule has 1 heterocycles. The lowest BCUT2D eigenvalue weighted by Gasteiger charge is -2.35. The van der Waals surface area contributed by atoms with E-state index in [1.54, 1.807) is 0 Å². The molecule has 0 atom stereocenters. The largest absolute Gasteiger partial charge is 0.309 e. The fraction of sp³-hybridized carbons (Fsp3) is 0. The molecule has 4 heteroatoms. The first kappa shape index (κ1) is 29.0. The monoisotopic (exact) mass is 627 g/mol. The van der Waals surface area contributed by atoms with E-state index in [1.807, 2.05) is 24.3 Å². The Hall–Kier alpha value is -6.46. The number of rotatable bonds is 6. The van der Waals surface area contributed by atoms with Gasteiger partial charge >= 0.3 is 0 Å². The Kier molecular flexibility index (Phi) is 7.27. The third kappa shape index (κ3) is 4.55. The number of benzene rings is 7. The number of hydrogen-bond donors (Lipinski definition) is 0. The molecule has 0 radical (unpaired) electrons. The standard InChI is InChI=1S/C44H29N3Si/c1-46-44-33(31-45)29-38(48(35-18-5-2-6-19-35,36-20-7-3-8-21-36)37-22-9-4-10-23-37)30-41(44)32-16-15-17-34(28-32)47-42-26-13-11-24-39(42)40-25-12-14-27-43(40)47/h2-30H. The molecule has 0 aliphatic rings. The van der Waals surface area contributed by atoms with Gasteiger partial charge in [-0.15, -0.1) is 0 Å². The van der Waals surface area contributed by atoms with E-state index in [2.05, 4.69) is 167 Å². The Balaban J connectivity index is 1.44. The van der Waals surface area contributed by atoms with Crippen molar-refractivity contribution in [1.29, 1.82) is 5.26 Å². The molecule has 8 aromatic rings. The molecule has 0 unspecified atom stereocenters. The van der Waals surface area contributed by atoms with Gasteiger partial charge in [0.1, 0.15) is 0 Å². The van der Waals surface area contributed by atoms with Gasteiger partial charge in [0.05, 0.1) is 29.2 Å². The molecule has 0 bridgehead atoms. The fourth-order valence-electron chi connectivity index (χ4n) is 7.35. The topological polar surface area (TPSA) is 33.1 Å². The molecule has 1 aromatic heterocycles. The zero-order valence-electron chi connectivity index (χ0n) is 26.1. The Morgan fingerprint density at radius 1 is 0.521 bits per heavy atom. The molecule has 0 spiro atoms. The molecule has 8 rings (SSSR count). The van der Waals surface area contributed by atoms with Crippen molar-refractivity contribution >= 4 is 56.3 Å². The van der Waals surface area contributed by atoms with Crippen LogP contribution < -0.4 is 20.7 Å². The number of hydrogen-bond acceptors (Lipinski definition) is 1. The molecule has 0 saturated carbocycles. The van der Waals surface area contributed by atoms with Crippen molar-refractivity contribution in [3.8, 4) is 22.9 Å². The van der Waals surface area contributed by atoms with Crippen LogP contribution in [0.5, 0.6) is 0 Å². The molecular formula is C44H29N3Si. The maximum atomic E-state index is 10.6. The molecule has 0 fully saturated rings. The second kappa shape index (κ2) is 12.0. The van der Waals surface area contributed by atoms with Crippen molar-refractivity contribution < 1.29 is 0 Å². The molecule has 0 saturated heterocycles. The fourth-order valence-corrected chi connectivity index (χ4v) is 12.2. The second-order valence-electron chi connectivity index (χ2n) is 11.9. The number of para-hydroxylation sites is 2. The van der Waals surface area contributed by atoms with Crippen molar-refractivity contribution in [3.63, 3.8) is 0 Å². The number of nitrogens with zero attached hydrogens (tertiary/aromatic N) is 3. The molecule has 0 aliphatic heterocycles. The van der Waals surface area contributed by atoms with Crippen LogP contribution in [0.3, 0.4) is 0 Å². The maximum Gasteiger partial charge on any atom is 0.212 e. The highest BCUT2D eigenvalue weighted by Crippen LogP contribution is 2.37. The maximum absolute atomic E-state index is 10.6. The molecule has 3 nitrogen and oxygen atoms in total. The third-order valence-electron chi connectivity index (χ3n) is 9.39. The van der Waals surface area contributed by atoms with Crippen LogP contribution in [0.2, 0.25) is 0 Å². The summed E-state index contributed by atoms with van der Waals surface area (Å²) in [6.45, 7) is 8.29. The van der Waals surface area contributed by atoms with Gasteiger partial charge in [-0.1, -0.05) is 152 Å². The summed E-state index contributed by atoms with van der Waals surface area (Å²) in [7, 11) is -2.95. The molecule has 7 aromatic carbocycles. The summed E-state index contributed by atoms with van der Waals surface area (Å²) < 4.78 is 2.29. The van der Waals surface area contributed by atoms with E-state index < -0.39 is 8.07 Å². The van der Waals surface area contributed by atoms with Crippen molar-refractivity contribution in [2.24, 2.45) is 0 Å². The molecule has 0 N–H and O–H groups in total. The summed E-state index contributed by atoms with van der Waals surface area (Å²) in [6.07, 6.45) is 0. The molecular weight excluding hydrogens is 599 g/mol.